The largest absolute Gasteiger partial charge is 0.618 e. The number of benzene rings is 1. The summed E-state index contributed by atoms with van der Waals surface area (Å²) in [5, 5.41) is 30.0. The lowest BCUT2D eigenvalue weighted by molar-refractivity contribution is -0.626. The first-order valence-electron chi connectivity index (χ1n) is 10.3. The maximum atomic E-state index is 13.7. The van der Waals surface area contributed by atoms with Crippen molar-refractivity contribution in [1.29, 1.82) is 0 Å². The van der Waals surface area contributed by atoms with E-state index in [1.807, 2.05) is 10.9 Å². The van der Waals surface area contributed by atoms with Gasteiger partial charge < -0.3 is 20.4 Å². The van der Waals surface area contributed by atoms with Gasteiger partial charge in [0.25, 0.3) is 11.4 Å². The van der Waals surface area contributed by atoms with E-state index in [9.17, 15) is 23.9 Å². The Labute approximate surface area is 183 Å². The molecule has 32 heavy (non-hydrogen) atoms. The fourth-order valence-electron chi connectivity index (χ4n) is 4.02. The summed E-state index contributed by atoms with van der Waals surface area (Å²) in [7, 11) is 1.43. The fraction of sp³-hybridized carbons (Fsp3) is 0.409. The molecule has 1 amide bonds. The number of pyridine rings is 1. The zero-order valence-corrected chi connectivity index (χ0v) is 17.7. The summed E-state index contributed by atoms with van der Waals surface area (Å²) < 4.78 is 34.5. The molecule has 3 aromatic rings. The monoisotopic (exact) mass is 446 g/mol. The molecule has 0 unspecified atom stereocenters. The minimum Gasteiger partial charge on any atom is -0.618 e. The van der Waals surface area contributed by atoms with Crippen LogP contribution in [-0.4, -0.2) is 34.0 Å². The molecule has 2 N–H and O–H groups in total. The lowest BCUT2D eigenvalue weighted by Gasteiger charge is -2.25. The number of halogens is 2. The average molecular weight is 446 g/mol. The maximum absolute atomic E-state index is 13.7. The van der Waals surface area contributed by atoms with Gasteiger partial charge in [0.15, 0.2) is 0 Å². The first-order valence-corrected chi connectivity index (χ1v) is 10.3. The van der Waals surface area contributed by atoms with Gasteiger partial charge in [-0.25, -0.2) is 0 Å². The second-order valence-electron chi connectivity index (χ2n) is 8.12. The number of aliphatic hydroxyl groups excluding tert-OH is 1. The molecule has 0 spiro atoms. The zero-order valence-electron chi connectivity index (χ0n) is 17.7. The van der Waals surface area contributed by atoms with Crippen molar-refractivity contribution in [2.45, 2.75) is 50.7 Å². The highest BCUT2D eigenvalue weighted by Crippen LogP contribution is 2.33. The van der Waals surface area contributed by atoms with Gasteiger partial charge in [-0.2, -0.15) is 18.6 Å². The second kappa shape index (κ2) is 8.34. The van der Waals surface area contributed by atoms with Gasteiger partial charge in [-0.1, -0.05) is 0 Å². The quantitative estimate of drug-likeness (QED) is 0.461. The molecule has 0 bridgehead atoms. The van der Waals surface area contributed by atoms with Gasteiger partial charge in [-0.3, -0.25) is 9.48 Å². The smallest absolute Gasteiger partial charge is 0.328 e. The van der Waals surface area contributed by atoms with E-state index in [2.05, 4.69) is 10.4 Å². The molecule has 1 saturated carbocycles. The van der Waals surface area contributed by atoms with Crippen molar-refractivity contribution in [3.05, 3.63) is 53.1 Å². The number of methoxy groups -OCH3 is 1. The first-order chi connectivity index (χ1) is 15.2. The molecular weight excluding hydrogens is 422 g/mol. The predicted molar refractivity (Wildman–Crippen MR) is 113 cm³/mol. The number of alkyl halides is 2. The second-order valence-corrected chi connectivity index (χ2v) is 8.12. The van der Waals surface area contributed by atoms with E-state index in [0.29, 0.717) is 18.2 Å². The molecule has 0 saturated heterocycles. The van der Waals surface area contributed by atoms with E-state index in [-0.39, 0.29) is 22.6 Å². The molecule has 8 nitrogen and oxygen atoms in total. The van der Waals surface area contributed by atoms with Gasteiger partial charge in [0.1, 0.15) is 5.75 Å². The van der Waals surface area contributed by atoms with Gasteiger partial charge in [-0.05, 0) is 37.8 Å². The Morgan fingerprint density at radius 1 is 1.31 bits per heavy atom. The average Bonchev–Trinajstić information content (AvgIpc) is 3.15. The SMILES string of the molecule is COc1cc2nn(C3CCC(O)CC3)cc2cc1NC(=O)c1cccc(C(C)(F)F)[n+]1[O-]. The highest BCUT2D eigenvalue weighted by molar-refractivity contribution is 6.04. The normalized spacial score (nSPS) is 19.2. The maximum Gasteiger partial charge on any atom is 0.328 e. The van der Waals surface area contributed by atoms with Gasteiger partial charge >= 0.3 is 11.8 Å². The van der Waals surface area contributed by atoms with Crippen molar-refractivity contribution < 1.29 is 28.1 Å². The molecule has 170 valence electrons. The number of hydrogen-bond acceptors (Lipinski definition) is 5. The number of hydrogen-bond donors (Lipinski definition) is 2. The zero-order chi connectivity index (χ0) is 23.0. The van der Waals surface area contributed by atoms with Crippen LogP contribution in [0.2, 0.25) is 0 Å². The van der Waals surface area contributed by atoms with Gasteiger partial charge in [-0.15, -0.1) is 0 Å². The van der Waals surface area contributed by atoms with Crippen molar-refractivity contribution in [2.75, 3.05) is 12.4 Å². The molecule has 0 aliphatic heterocycles. The van der Waals surface area contributed by atoms with E-state index in [0.717, 1.165) is 37.1 Å². The number of rotatable bonds is 5. The summed E-state index contributed by atoms with van der Waals surface area (Å²) in [5.41, 5.74) is -0.316. The molecular formula is C22H24F2N4O4. The van der Waals surface area contributed by atoms with Crippen LogP contribution in [0.1, 0.15) is 54.8 Å². The summed E-state index contributed by atoms with van der Waals surface area (Å²) in [4.78, 5) is 12.7. The van der Waals surface area contributed by atoms with Crippen LogP contribution in [-0.2, 0) is 5.92 Å². The molecule has 1 aliphatic carbocycles. The fourth-order valence-corrected chi connectivity index (χ4v) is 4.02. The minimum atomic E-state index is -3.39. The van der Waals surface area contributed by atoms with Crippen LogP contribution in [0.25, 0.3) is 10.9 Å². The predicted octanol–water partition coefficient (Wildman–Crippen LogP) is 3.52. The third-order valence-electron chi connectivity index (χ3n) is 5.76. The van der Waals surface area contributed by atoms with Crippen LogP contribution < -0.4 is 14.8 Å². The molecule has 10 heteroatoms. The number of nitrogens with one attached hydrogen (secondary N) is 1. The first kappa shape index (κ1) is 21.9. The van der Waals surface area contributed by atoms with E-state index >= 15 is 0 Å². The summed E-state index contributed by atoms with van der Waals surface area (Å²) in [6, 6.07) is 6.91. The number of aromatic nitrogens is 3. The van der Waals surface area contributed by atoms with Crippen molar-refractivity contribution in [1.82, 2.24) is 9.78 Å². The van der Waals surface area contributed by atoms with Crippen LogP contribution in [0.5, 0.6) is 5.75 Å². The lowest BCUT2D eigenvalue weighted by Crippen LogP contribution is -2.43. The third-order valence-corrected chi connectivity index (χ3v) is 5.76. The van der Waals surface area contributed by atoms with Crippen LogP contribution in [0.3, 0.4) is 0 Å². The minimum absolute atomic E-state index is 0.0597. The lowest BCUT2D eigenvalue weighted by atomic mass is 9.93. The Balaban J connectivity index is 1.63. The molecule has 2 heterocycles. The summed E-state index contributed by atoms with van der Waals surface area (Å²) in [6.07, 6.45) is 4.66. The third kappa shape index (κ3) is 4.22. The molecule has 2 aromatic heterocycles. The highest BCUT2D eigenvalue weighted by Gasteiger charge is 2.35. The van der Waals surface area contributed by atoms with Crippen molar-refractivity contribution >= 4 is 22.5 Å². The molecule has 1 aromatic carbocycles. The number of carbonyl (C=O) groups is 1. The van der Waals surface area contributed by atoms with Crippen LogP contribution >= 0.6 is 0 Å². The number of amides is 1. The number of fused-ring (bicyclic) bond motifs is 1. The van der Waals surface area contributed by atoms with Gasteiger partial charge in [0.05, 0.1) is 30.5 Å². The van der Waals surface area contributed by atoms with Crippen LogP contribution in [0.4, 0.5) is 14.5 Å². The van der Waals surface area contributed by atoms with Gasteiger partial charge in [0, 0.05) is 36.7 Å². The topological polar surface area (TPSA) is 103 Å². The molecule has 0 radical (unpaired) electrons. The van der Waals surface area contributed by atoms with E-state index in [1.165, 1.54) is 19.2 Å². The Bertz CT molecular complexity index is 1150. The number of nitrogens with zero attached hydrogens (tertiary/aromatic N) is 3. The Morgan fingerprint density at radius 3 is 2.69 bits per heavy atom. The Hall–Kier alpha value is -3.27. The summed E-state index contributed by atoms with van der Waals surface area (Å²) in [5.74, 6) is -3.90. The van der Waals surface area contributed by atoms with Crippen molar-refractivity contribution in [3.8, 4) is 5.75 Å². The number of carbonyl (C=O) groups excluding carboxylic acids is 1. The van der Waals surface area contributed by atoms with Crippen LogP contribution in [0.15, 0.2) is 36.5 Å². The standard InChI is InChI=1S/C22H24F2N4O4/c1-22(23,24)20-5-3-4-18(28(20)31)21(30)25-17-10-13-12-27(14-6-8-15(29)9-7-14)26-16(13)11-19(17)32-2/h3-5,10-12,14-15,29H,6-9H2,1-2H3,(H,25,30). The van der Waals surface area contributed by atoms with E-state index in [4.69, 9.17) is 4.74 Å². The molecule has 0 atom stereocenters. The van der Waals surface area contributed by atoms with Crippen molar-refractivity contribution in [3.63, 3.8) is 0 Å². The Morgan fingerprint density at radius 2 is 2.03 bits per heavy atom. The molecule has 1 fully saturated rings. The highest BCUT2D eigenvalue weighted by atomic mass is 19.3. The number of anilines is 1. The van der Waals surface area contributed by atoms with Gasteiger partial charge in [0.2, 0.25) is 0 Å². The van der Waals surface area contributed by atoms with E-state index < -0.39 is 23.2 Å². The number of aliphatic hydroxyl groups is 1. The van der Waals surface area contributed by atoms with Crippen LogP contribution in [0, 0.1) is 5.21 Å². The molecule has 4 rings (SSSR count). The van der Waals surface area contributed by atoms with E-state index in [1.54, 1.807) is 12.1 Å². The molecule has 1 aliphatic rings. The van der Waals surface area contributed by atoms with Crippen molar-refractivity contribution in [2.24, 2.45) is 0 Å². The summed E-state index contributed by atoms with van der Waals surface area (Å²) >= 11 is 0. The number of ether oxygens (including phenoxy) is 1. The summed E-state index contributed by atoms with van der Waals surface area (Å²) in [6.45, 7) is 0.597. The Kier molecular flexibility index (Phi) is 5.72.